The number of aliphatic carboxylic acids is 1. The number of nitrogens with zero attached hydrogens (tertiary/aromatic N) is 1. The molecule has 0 fully saturated rings. The lowest BCUT2D eigenvalue weighted by Gasteiger charge is -2.36. The summed E-state index contributed by atoms with van der Waals surface area (Å²) in [7, 11) is 1.80. The van der Waals surface area contributed by atoms with E-state index in [1.54, 1.807) is 27.8 Å². The Hall–Kier alpha value is -1.87. The minimum Gasteiger partial charge on any atom is -0.480 e. The van der Waals surface area contributed by atoms with Gasteiger partial charge in [0.15, 0.2) is 0 Å². The van der Waals surface area contributed by atoms with Crippen LogP contribution in [0.5, 0.6) is 0 Å². The third kappa shape index (κ3) is 10.8. The molecule has 0 aliphatic carbocycles. The smallest absolute Gasteiger partial charge is 0.407 e. The minimum absolute atomic E-state index is 0.0484. The summed E-state index contributed by atoms with van der Waals surface area (Å²) in [6.45, 7) is 13.4. The summed E-state index contributed by atoms with van der Waals surface area (Å²) in [5.41, 5.74) is -0.617. The summed E-state index contributed by atoms with van der Waals surface area (Å²) in [4.78, 5) is 38.6. The van der Waals surface area contributed by atoms with Crippen molar-refractivity contribution in [3.05, 3.63) is 0 Å². The minimum atomic E-state index is -1.18. The topological polar surface area (TPSA) is 128 Å². The number of rotatable bonds is 13. The van der Waals surface area contributed by atoms with Gasteiger partial charge in [-0.2, -0.15) is 0 Å². The first-order valence-electron chi connectivity index (χ1n) is 11.1. The van der Waals surface area contributed by atoms with E-state index >= 15 is 0 Å². The van der Waals surface area contributed by atoms with Crippen molar-refractivity contribution in [2.45, 2.75) is 91.5 Å². The second-order valence-electron chi connectivity index (χ2n) is 9.32. The van der Waals surface area contributed by atoms with Crippen molar-refractivity contribution in [1.29, 1.82) is 0 Å². The van der Waals surface area contributed by atoms with Crippen LogP contribution in [0.25, 0.3) is 0 Å². The monoisotopic (exact) mass is 445 g/mol. The molecule has 0 aromatic heterocycles. The Bertz CT molecular complexity index is 578. The van der Waals surface area contributed by atoms with Crippen molar-refractivity contribution in [3.63, 3.8) is 0 Å². The van der Waals surface area contributed by atoms with Crippen LogP contribution >= 0.6 is 0 Å². The van der Waals surface area contributed by atoms with Crippen molar-refractivity contribution in [2.75, 3.05) is 20.2 Å². The predicted molar refractivity (Wildman–Crippen MR) is 120 cm³/mol. The zero-order valence-electron chi connectivity index (χ0n) is 20.4. The number of carbonyl (C=O) groups is 3. The highest BCUT2D eigenvalue weighted by Gasteiger charge is 2.33. The quantitative estimate of drug-likeness (QED) is 0.342. The second kappa shape index (κ2) is 13.5. The molecule has 0 aliphatic heterocycles. The number of carboxylic acids is 1. The summed E-state index contributed by atoms with van der Waals surface area (Å²) in [6.07, 6.45) is 0.970. The fraction of sp³-hybridized carbons (Fsp3) is 0.864. The second-order valence-corrected chi connectivity index (χ2v) is 9.32. The number of carboxylic acid groups (broad SMARTS) is 1. The van der Waals surface area contributed by atoms with Crippen molar-refractivity contribution < 1.29 is 29.3 Å². The van der Waals surface area contributed by atoms with Gasteiger partial charge in [-0.05, 0) is 39.7 Å². The van der Waals surface area contributed by atoms with Crippen LogP contribution in [0, 0.1) is 11.8 Å². The largest absolute Gasteiger partial charge is 0.480 e. The molecule has 9 heteroatoms. The number of nitrogens with one attached hydrogen (secondary N) is 2. The van der Waals surface area contributed by atoms with Crippen LogP contribution in [0.1, 0.15) is 67.7 Å². The Morgan fingerprint density at radius 1 is 1.03 bits per heavy atom. The Kier molecular flexibility index (Phi) is 12.7. The van der Waals surface area contributed by atoms with Gasteiger partial charge in [-0.1, -0.05) is 40.5 Å². The Balaban J connectivity index is 5.51. The normalized spacial score (nSPS) is 16.7. The van der Waals surface area contributed by atoms with Gasteiger partial charge in [0.05, 0.1) is 6.04 Å². The number of aliphatic hydroxyl groups is 1. The van der Waals surface area contributed by atoms with Crippen molar-refractivity contribution >= 4 is 18.0 Å². The van der Waals surface area contributed by atoms with E-state index in [9.17, 15) is 19.5 Å². The molecule has 0 heterocycles. The summed E-state index contributed by atoms with van der Waals surface area (Å²) in [6, 6.07) is -1.99. The molecule has 0 aromatic rings. The molecule has 0 aromatic carbocycles. The number of carbonyl (C=O) groups excluding carboxylic acids is 2. The molecule has 0 bridgehead atoms. The van der Waals surface area contributed by atoms with Crippen molar-refractivity contribution in [3.8, 4) is 0 Å². The molecule has 0 saturated heterocycles. The molecule has 0 spiro atoms. The highest BCUT2D eigenvalue weighted by atomic mass is 16.6. The molecule has 0 rings (SSSR count). The molecule has 0 aliphatic rings. The van der Waals surface area contributed by atoms with E-state index in [1.165, 1.54) is 0 Å². The molecule has 0 saturated carbocycles. The van der Waals surface area contributed by atoms with Gasteiger partial charge in [0.1, 0.15) is 11.6 Å². The van der Waals surface area contributed by atoms with Gasteiger partial charge in [0.2, 0.25) is 5.91 Å². The maximum absolute atomic E-state index is 13.0. The number of hydrogen-bond acceptors (Lipinski definition) is 6. The maximum atomic E-state index is 13.0. The van der Waals surface area contributed by atoms with Crippen LogP contribution in [-0.4, -0.2) is 77.0 Å². The average molecular weight is 446 g/mol. The highest BCUT2D eigenvalue weighted by molar-refractivity contribution is 5.87. The molecule has 182 valence electrons. The van der Waals surface area contributed by atoms with Crippen LogP contribution < -0.4 is 10.6 Å². The van der Waals surface area contributed by atoms with E-state index < -0.39 is 35.7 Å². The number of alkyl carbamates (subject to hydrolysis) is 1. The van der Waals surface area contributed by atoms with Gasteiger partial charge >= 0.3 is 12.1 Å². The fourth-order valence-electron chi connectivity index (χ4n) is 3.29. The van der Waals surface area contributed by atoms with E-state index in [2.05, 4.69) is 10.6 Å². The van der Waals surface area contributed by atoms with Crippen LogP contribution in [0.15, 0.2) is 0 Å². The molecule has 0 unspecified atom stereocenters. The van der Waals surface area contributed by atoms with Gasteiger partial charge in [-0.15, -0.1) is 0 Å². The van der Waals surface area contributed by atoms with E-state index in [0.29, 0.717) is 13.0 Å². The van der Waals surface area contributed by atoms with Gasteiger partial charge in [0.25, 0.3) is 0 Å². The van der Waals surface area contributed by atoms with Gasteiger partial charge in [-0.3, -0.25) is 9.69 Å². The number of aliphatic hydroxyl groups excluding tert-OH is 1. The zero-order valence-corrected chi connectivity index (χ0v) is 20.4. The number of ether oxygens (including phenoxy) is 1. The summed E-state index contributed by atoms with van der Waals surface area (Å²) < 4.78 is 5.39. The van der Waals surface area contributed by atoms with Gasteiger partial charge in [0, 0.05) is 25.6 Å². The first-order chi connectivity index (χ1) is 14.3. The third-order valence-electron chi connectivity index (χ3n) is 5.48. The summed E-state index contributed by atoms with van der Waals surface area (Å²) in [5.74, 6) is -1.50. The van der Waals surface area contributed by atoms with Crippen molar-refractivity contribution in [2.24, 2.45) is 11.8 Å². The third-order valence-corrected chi connectivity index (χ3v) is 5.48. The molecule has 2 amide bonds. The van der Waals surface area contributed by atoms with E-state index in [-0.39, 0.29) is 30.9 Å². The van der Waals surface area contributed by atoms with Crippen LogP contribution in [0.3, 0.4) is 0 Å². The SMILES string of the molecule is CC[C@H](C)[C@@H](C(=O)N[C@@H](CCO)C(=O)O)N(C)C[C@@H](NC(=O)OC(C)(C)C)[C@@H](C)CC. The first kappa shape index (κ1) is 29.1. The van der Waals surface area contributed by atoms with E-state index in [4.69, 9.17) is 9.84 Å². The predicted octanol–water partition coefficient (Wildman–Crippen LogP) is 2.22. The Labute approximate surface area is 186 Å². The lowest BCUT2D eigenvalue weighted by molar-refractivity contribution is -0.143. The summed E-state index contributed by atoms with van der Waals surface area (Å²) in [5, 5.41) is 23.9. The molecule has 9 nitrogen and oxygen atoms in total. The van der Waals surface area contributed by atoms with Gasteiger partial charge < -0.3 is 25.6 Å². The lowest BCUT2D eigenvalue weighted by Crippen LogP contribution is -2.56. The van der Waals surface area contributed by atoms with Crippen LogP contribution in [0.4, 0.5) is 4.79 Å². The maximum Gasteiger partial charge on any atom is 0.407 e. The van der Waals surface area contributed by atoms with E-state index in [1.807, 2.05) is 32.6 Å². The number of hydrogen-bond donors (Lipinski definition) is 4. The van der Waals surface area contributed by atoms with Crippen LogP contribution in [0.2, 0.25) is 0 Å². The average Bonchev–Trinajstić information content (AvgIpc) is 2.64. The highest BCUT2D eigenvalue weighted by Crippen LogP contribution is 2.18. The Morgan fingerprint density at radius 2 is 1.58 bits per heavy atom. The number of likely N-dealkylation sites (N-methyl/N-ethyl adjacent to an activating group) is 1. The molecule has 4 N–H and O–H groups in total. The first-order valence-corrected chi connectivity index (χ1v) is 11.1. The molecular formula is C22H43N3O6. The summed E-state index contributed by atoms with van der Waals surface area (Å²) >= 11 is 0. The van der Waals surface area contributed by atoms with Gasteiger partial charge in [-0.25, -0.2) is 9.59 Å². The molecule has 0 radical (unpaired) electrons. The lowest BCUT2D eigenvalue weighted by atomic mass is 9.94. The molecular weight excluding hydrogens is 402 g/mol. The molecule has 5 atom stereocenters. The Morgan fingerprint density at radius 3 is 2.00 bits per heavy atom. The van der Waals surface area contributed by atoms with Crippen LogP contribution in [-0.2, 0) is 14.3 Å². The standard InChI is InChI=1S/C22H43N3O6/c1-9-14(3)17(24-21(30)31-22(5,6)7)13-25(8)18(15(4)10-2)19(27)23-16(11-12-26)20(28)29/h14-18,26H,9-13H2,1-8H3,(H,23,27)(H,24,30)(H,28,29)/t14-,15-,16-,17+,18-/m0/s1. The van der Waals surface area contributed by atoms with Crippen molar-refractivity contribution in [1.82, 2.24) is 15.5 Å². The molecule has 31 heavy (non-hydrogen) atoms. The van der Waals surface area contributed by atoms with E-state index in [0.717, 1.165) is 6.42 Å². The number of amides is 2. The fourth-order valence-corrected chi connectivity index (χ4v) is 3.29. The zero-order chi connectivity index (χ0) is 24.4.